The van der Waals surface area contributed by atoms with Crippen molar-refractivity contribution >= 4 is 18.2 Å². The summed E-state index contributed by atoms with van der Waals surface area (Å²) in [5, 5.41) is 2.75. The van der Waals surface area contributed by atoms with Crippen LogP contribution in [0.4, 0.5) is 0 Å². The molecule has 0 unspecified atom stereocenters. The SMILES string of the molecule is C1#CSN=CC1. The quantitative estimate of drug-likeness (QED) is 0.325. The average molecular weight is 97.1 g/mol. The van der Waals surface area contributed by atoms with Gasteiger partial charge in [-0.05, 0) is 5.25 Å². The van der Waals surface area contributed by atoms with Crippen LogP contribution in [0.15, 0.2) is 4.40 Å². The Morgan fingerprint density at radius 3 is 3.00 bits per heavy atom. The van der Waals surface area contributed by atoms with Gasteiger partial charge in [-0.25, -0.2) is 4.40 Å². The molecular weight excluding hydrogens is 94.1 g/mol. The highest BCUT2D eigenvalue weighted by atomic mass is 32.2. The summed E-state index contributed by atoms with van der Waals surface area (Å²) in [5.41, 5.74) is 0. The van der Waals surface area contributed by atoms with Gasteiger partial charge in [0.2, 0.25) is 0 Å². The summed E-state index contributed by atoms with van der Waals surface area (Å²) in [5.74, 6) is 2.85. The zero-order chi connectivity index (χ0) is 4.24. The van der Waals surface area contributed by atoms with Crippen molar-refractivity contribution < 1.29 is 0 Å². The normalized spacial score (nSPS) is 16.0. The highest BCUT2D eigenvalue weighted by Gasteiger charge is 1.76. The molecule has 0 amide bonds. The van der Waals surface area contributed by atoms with Crippen LogP contribution in [0.3, 0.4) is 0 Å². The number of hydrogen-bond acceptors (Lipinski definition) is 2. The van der Waals surface area contributed by atoms with Gasteiger partial charge < -0.3 is 0 Å². The van der Waals surface area contributed by atoms with E-state index in [0.717, 1.165) is 6.42 Å². The molecule has 0 saturated carbocycles. The van der Waals surface area contributed by atoms with Crippen LogP contribution in [0.1, 0.15) is 6.42 Å². The summed E-state index contributed by atoms with van der Waals surface area (Å²) in [6, 6.07) is 0. The molecule has 0 spiro atoms. The van der Waals surface area contributed by atoms with Gasteiger partial charge in [0.25, 0.3) is 0 Å². The van der Waals surface area contributed by atoms with Gasteiger partial charge in [0.15, 0.2) is 0 Å². The molecule has 30 valence electrons. The van der Waals surface area contributed by atoms with Crippen molar-refractivity contribution in [1.82, 2.24) is 0 Å². The zero-order valence-corrected chi connectivity index (χ0v) is 3.96. The van der Waals surface area contributed by atoms with Crippen LogP contribution in [0.5, 0.6) is 0 Å². The summed E-state index contributed by atoms with van der Waals surface area (Å²) in [7, 11) is 0. The fraction of sp³-hybridized carbons (Fsp3) is 0.250. The van der Waals surface area contributed by atoms with Crippen molar-refractivity contribution in [3.8, 4) is 11.2 Å². The molecule has 0 radical (unpaired) electrons. The van der Waals surface area contributed by atoms with Gasteiger partial charge in [-0.15, -0.1) is 0 Å². The minimum Gasteiger partial charge on any atom is -0.215 e. The zero-order valence-electron chi connectivity index (χ0n) is 3.14. The third-order valence-electron chi connectivity index (χ3n) is 0.438. The van der Waals surface area contributed by atoms with Gasteiger partial charge in [-0.2, -0.15) is 0 Å². The number of rotatable bonds is 0. The Bertz CT molecular complexity index is 105. The first-order valence-corrected chi connectivity index (χ1v) is 2.43. The molecule has 0 bridgehead atoms. The van der Waals surface area contributed by atoms with Crippen molar-refractivity contribution in [2.24, 2.45) is 4.40 Å². The lowest BCUT2D eigenvalue weighted by Crippen LogP contribution is -1.69. The second-order valence-corrected chi connectivity index (χ2v) is 1.46. The van der Waals surface area contributed by atoms with Crippen molar-refractivity contribution in [1.29, 1.82) is 0 Å². The first kappa shape index (κ1) is 3.76. The third kappa shape index (κ3) is 0.765. The van der Waals surface area contributed by atoms with E-state index in [0.29, 0.717) is 0 Å². The minimum atomic E-state index is 0.826. The van der Waals surface area contributed by atoms with E-state index in [4.69, 9.17) is 0 Å². The average Bonchev–Trinajstić information content (AvgIpc) is 1.72. The van der Waals surface area contributed by atoms with Crippen LogP contribution in [-0.2, 0) is 0 Å². The predicted octanol–water partition coefficient (Wildman–Crippen LogP) is 1.07. The smallest absolute Gasteiger partial charge is 0.0624 e. The van der Waals surface area contributed by atoms with Crippen LogP contribution < -0.4 is 0 Å². The van der Waals surface area contributed by atoms with Crippen molar-refractivity contribution in [3.63, 3.8) is 0 Å². The fourth-order valence-electron chi connectivity index (χ4n) is 0.220. The summed E-state index contributed by atoms with van der Waals surface area (Å²) < 4.78 is 3.80. The van der Waals surface area contributed by atoms with Crippen LogP contribution >= 0.6 is 11.9 Å². The summed E-state index contributed by atoms with van der Waals surface area (Å²) >= 11 is 1.30. The van der Waals surface area contributed by atoms with Crippen LogP contribution in [0, 0.1) is 11.2 Å². The van der Waals surface area contributed by atoms with Crippen molar-refractivity contribution in [2.75, 3.05) is 0 Å². The van der Waals surface area contributed by atoms with E-state index >= 15 is 0 Å². The molecular formula is C4H3NS. The molecule has 0 fully saturated rings. The van der Waals surface area contributed by atoms with E-state index in [-0.39, 0.29) is 0 Å². The van der Waals surface area contributed by atoms with Gasteiger partial charge in [0.1, 0.15) is 0 Å². The molecule has 0 aromatic rings. The molecule has 1 aliphatic rings. The Morgan fingerprint density at radius 2 is 2.83 bits per heavy atom. The highest BCUT2D eigenvalue weighted by molar-refractivity contribution is 8.02. The van der Waals surface area contributed by atoms with E-state index in [9.17, 15) is 0 Å². The molecule has 1 rings (SSSR count). The third-order valence-corrected chi connectivity index (χ3v) is 0.929. The summed E-state index contributed by atoms with van der Waals surface area (Å²) in [6.07, 6.45) is 2.63. The van der Waals surface area contributed by atoms with Crippen LogP contribution in [0.25, 0.3) is 0 Å². The van der Waals surface area contributed by atoms with E-state index in [2.05, 4.69) is 15.6 Å². The molecule has 1 aliphatic heterocycles. The molecule has 1 nitrogen and oxygen atoms in total. The largest absolute Gasteiger partial charge is 0.215 e. The topological polar surface area (TPSA) is 12.4 Å². The van der Waals surface area contributed by atoms with Gasteiger partial charge in [0, 0.05) is 12.6 Å². The lowest BCUT2D eigenvalue weighted by Gasteiger charge is -1.80. The lowest BCUT2D eigenvalue weighted by atomic mass is 10.5. The predicted molar refractivity (Wildman–Crippen MR) is 28.5 cm³/mol. The summed E-state index contributed by atoms with van der Waals surface area (Å²) in [6.45, 7) is 0. The van der Waals surface area contributed by atoms with Crippen LogP contribution in [-0.4, -0.2) is 6.21 Å². The molecule has 0 aromatic carbocycles. The van der Waals surface area contributed by atoms with Crippen LogP contribution in [0.2, 0.25) is 0 Å². The first-order valence-electron chi connectivity index (χ1n) is 1.66. The Kier molecular flexibility index (Phi) is 1.18. The molecule has 0 N–H and O–H groups in total. The Balaban J connectivity index is 2.51. The monoisotopic (exact) mass is 97.0 g/mol. The van der Waals surface area contributed by atoms with E-state index < -0.39 is 0 Å². The molecule has 1 heterocycles. The van der Waals surface area contributed by atoms with E-state index in [1.165, 1.54) is 11.9 Å². The number of nitrogens with zero attached hydrogens (tertiary/aromatic N) is 1. The lowest BCUT2D eigenvalue weighted by molar-refractivity contribution is 1.62. The molecule has 0 aromatic heterocycles. The fourth-order valence-corrected chi connectivity index (χ4v) is 0.570. The maximum absolute atomic E-state index is 3.80. The maximum Gasteiger partial charge on any atom is 0.0624 e. The van der Waals surface area contributed by atoms with E-state index in [1.807, 2.05) is 0 Å². The summed E-state index contributed by atoms with van der Waals surface area (Å²) in [4.78, 5) is 0. The van der Waals surface area contributed by atoms with Crippen molar-refractivity contribution in [2.45, 2.75) is 6.42 Å². The second kappa shape index (κ2) is 1.89. The van der Waals surface area contributed by atoms with Gasteiger partial charge in [-0.1, -0.05) is 5.92 Å². The molecule has 0 saturated heterocycles. The van der Waals surface area contributed by atoms with Gasteiger partial charge in [0.05, 0.1) is 11.9 Å². The Labute approximate surface area is 41.0 Å². The van der Waals surface area contributed by atoms with Gasteiger partial charge >= 0.3 is 0 Å². The Morgan fingerprint density at radius 1 is 1.83 bits per heavy atom. The minimum absolute atomic E-state index is 0.826. The Hall–Kier alpha value is -0.420. The molecule has 6 heavy (non-hydrogen) atoms. The maximum atomic E-state index is 3.80. The second-order valence-electron chi connectivity index (χ2n) is 0.862. The molecule has 0 atom stereocenters. The van der Waals surface area contributed by atoms with Gasteiger partial charge in [-0.3, -0.25) is 0 Å². The van der Waals surface area contributed by atoms with E-state index in [1.54, 1.807) is 6.21 Å². The molecule has 2 heteroatoms. The highest BCUT2D eigenvalue weighted by Crippen LogP contribution is 1.99. The molecule has 0 aliphatic carbocycles. The van der Waals surface area contributed by atoms with Crippen molar-refractivity contribution in [3.05, 3.63) is 0 Å². The number of hydrogen-bond donors (Lipinski definition) is 0. The standard InChI is InChI=1S/C4H3NS/c1-2-4-6-5-3-1/h3H,1H2. The first-order chi connectivity index (χ1) is 3.00.